The molecule has 0 amide bonds. The molecule has 2 unspecified atom stereocenters. The maximum atomic E-state index is 12.6. The van der Waals surface area contributed by atoms with Gasteiger partial charge in [-0.05, 0) is 69.8 Å². The highest BCUT2D eigenvalue weighted by Gasteiger charge is 2.26. The van der Waals surface area contributed by atoms with E-state index in [0.717, 1.165) is 19.3 Å². The van der Waals surface area contributed by atoms with E-state index in [9.17, 15) is 8.42 Å². The Hall–Kier alpha value is -0.870. The lowest BCUT2D eigenvalue weighted by Crippen LogP contribution is -2.29. The van der Waals surface area contributed by atoms with Crippen LogP contribution < -0.4 is 5.32 Å². The fourth-order valence-electron chi connectivity index (χ4n) is 2.70. The minimum Gasteiger partial charge on any atom is -0.317 e. The zero-order valence-corrected chi connectivity index (χ0v) is 12.8. The molecule has 1 aliphatic carbocycles. The van der Waals surface area contributed by atoms with Crippen molar-refractivity contribution in [3.8, 4) is 0 Å². The van der Waals surface area contributed by atoms with Crippen LogP contribution in [0.5, 0.6) is 0 Å². The third-order valence-electron chi connectivity index (χ3n) is 4.11. The molecule has 0 aliphatic heterocycles. The van der Waals surface area contributed by atoms with Gasteiger partial charge in [-0.25, -0.2) is 8.42 Å². The molecule has 2 rings (SSSR count). The monoisotopic (exact) mass is 281 g/mol. The predicted molar refractivity (Wildman–Crippen MR) is 78.3 cm³/mol. The van der Waals surface area contributed by atoms with E-state index in [2.05, 4.69) is 5.32 Å². The van der Waals surface area contributed by atoms with Gasteiger partial charge in [0.25, 0.3) is 0 Å². The molecule has 3 nitrogen and oxygen atoms in total. The van der Waals surface area contributed by atoms with Gasteiger partial charge in [0.1, 0.15) is 0 Å². The quantitative estimate of drug-likeness (QED) is 0.901. The minimum atomic E-state index is -3.21. The SMILES string of the molecule is CNC(C)CC(C)S(=O)(=O)c1ccc2c(c1)CCC2. The normalized spacial score (nSPS) is 18.1. The number of sulfone groups is 1. The highest BCUT2D eigenvalue weighted by atomic mass is 32.2. The van der Waals surface area contributed by atoms with Crippen molar-refractivity contribution in [2.24, 2.45) is 0 Å². The molecule has 0 saturated carbocycles. The number of benzene rings is 1. The number of hydrogen-bond acceptors (Lipinski definition) is 3. The summed E-state index contributed by atoms with van der Waals surface area (Å²) in [5, 5.41) is 2.74. The van der Waals surface area contributed by atoms with Crippen LogP contribution in [-0.2, 0) is 22.7 Å². The van der Waals surface area contributed by atoms with Crippen LogP contribution in [0.15, 0.2) is 23.1 Å². The van der Waals surface area contributed by atoms with Gasteiger partial charge in [0.05, 0.1) is 10.1 Å². The number of rotatable bonds is 5. The first-order valence-electron chi connectivity index (χ1n) is 6.98. The lowest BCUT2D eigenvalue weighted by atomic mass is 10.1. The summed E-state index contributed by atoms with van der Waals surface area (Å²) in [6.07, 6.45) is 3.88. The lowest BCUT2D eigenvalue weighted by Gasteiger charge is -2.18. The number of nitrogens with one attached hydrogen (secondary N) is 1. The summed E-state index contributed by atoms with van der Waals surface area (Å²) < 4.78 is 25.1. The van der Waals surface area contributed by atoms with Crippen LogP contribution in [0, 0.1) is 0 Å². The Kier molecular flexibility index (Phi) is 4.31. The van der Waals surface area contributed by atoms with Crippen molar-refractivity contribution in [2.45, 2.75) is 55.7 Å². The first-order valence-corrected chi connectivity index (χ1v) is 8.52. The Labute approximate surface area is 116 Å². The molecule has 0 spiro atoms. The van der Waals surface area contributed by atoms with Crippen molar-refractivity contribution in [3.63, 3.8) is 0 Å². The third-order valence-corrected chi connectivity index (χ3v) is 6.27. The van der Waals surface area contributed by atoms with Crippen molar-refractivity contribution in [1.29, 1.82) is 0 Å². The first kappa shape index (κ1) is 14.5. The third kappa shape index (κ3) is 3.00. The van der Waals surface area contributed by atoms with Crippen molar-refractivity contribution >= 4 is 9.84 Å². The van der Waals surface area contributed by atoms with Gasteiger partial charge in [-0.3, -0.25) is 0 Å². The van der Waals surface area contributed by atoms with Crippen molar-refractivity contribution in [1.82, 2.24) is 5.32 Å². The first-order chi connectivity index (χ1) is 8.95. The average Bonchev–Trinajstić information content (AvgIpc) is 2.85. The van der Waals surface area contributed by atoms with Gasteiger partial charge in [0, 0.05) is 6.04 Å². The lowest BCUT2D eigenvalue weighted by molar-refractivity contribution is 0.530. The van der Waals surface area contributed by atoms with E-state index in [-0.39, 0.29) is 11.3 Å². The summed E-state index contributed by atoms with van der Waals surface area (Å²) in [7, 11) is -1.35. The van der Waals surface area contributed by atoms with Crippen molar-refractivity contribution in [2.75, 3.05) is 7.05 Å². The molecule has 0 saturated heterocycles. The molecule has 0 radical (unpaired) electrons. The minimum absolute atomic E-state index is 0.208. The summed E-state index contributed by atoms with van der Waals surface area (Å²) in [6, 6.07) is 5.86. The molecule has 0 fully saturated rings. The zero-order chi connectivity index (χ0) is 14.0. The Bertz CT molecular complexity index is 551. The van der Waals surface area contributed by atoms with Gasteiger partial charge in [-0.2, -0.15) is 0 Å². The molecule has 1 aromatic rings. The van der Waals surface area contributed by atoms with Crippen LogP contribution in [0.3, 0.4) is 0 Å². The molecule has 0 aromatic heterocycles. The second-order valence-corrected chi connectivity index (χ2v) is 7.93. The van der Waals surface area contributed by atoms with Gasteiger partial charge in [-0.1, -0.05) is 6.07 Å². The second-order valence-electron chi connectivity index (χ2n) is 5.57. The van der Waals surface area contributed by atoms with E-state index in [1.165, 1.54) is 11.1 Å². The topological polar surface area (TPSA) is 46.2 Å². The molecule has 0 bridgehead atoms. The molecule has 0 heterocycles. The zero-order valence-electron chi connectivity index (χ0n) is 11.9. The molecule has 1 aliphatic rings. The highest BCUT2D eigenvalue weighted by molar-refractivity contribution is 7.92. The smallest absolute Gasteiger partial charge is 0.181 e. The standard InChI is InChI=1S/C15H23NO2S/c1-11(16-3)9-12(2)19(17,18)15-8-7-13-5-4-6-14(13)10-15/h7-8,10-12,16H,4-6,9H2,1-3H3. The number of aryl methyl sites for hydroxylation is 2. The summed E-state index contributed by atoms with van der Waals surface area (Å²) in [5.74, 6) is 0. The molecule has 19 heavy (non-hydrogen) atoms. The van der Waals surface area contributed by atoms with E-state index in [1.807, 2.05) is 26.1 Å². The maximum Gasteiger partial charge on any atom is 0.181 e. The number of fused-ring (bicyclic) bond motifs is 1. The predicted octanol–water partition coefficient (Wildman–Crippen LogP) is 2.34. The van der Waals surface area contributed by atoms with Crippen LogP contribution in [0.2, 0.25) is 0 Å². The van der Waals surface area contributed by atoms with Crippen LogP contribution in [0.25, 0.3) is 0 Å². The molecular formula is C15H23NO2S. The summed E-state index contributed by atoms with van der Waals surface area (Å²) in [5.41, 5.74) is 2.53. The van der Waals surface area contributed by atoms with Crippen molar-refractivity contribution in [3.05, 3.63) is 29.3 Å². The van der Waals surface area contributed by atoms with E-state index in [1.54, 1.807) is 13.0 Å². The fourth-order valence-corrected chi connectivity index (χ4v) is 4.27. The molecule has 1 N–H and O–H groups in total. The van der Waals surface area contributed by atoms with Gasteiger partial charge >= 0.3 is 0 Å². The van der Waals surface area contributed by atoms with Crippen LogP contribution in [-0.4, -0.2) is 26.8 Å². The van der Waals surface area contributed by atoms with Gasteiger partial charge in [0.15, 0.2) is 9.84 Å². The van der Waals surface area contributed by atoms with Crippen LogP contribution >= 0.6 is 0 Å². The molecule has 1 aromatic carbocycles. The summed E-state index contributed by atoms with van der Waals surface area (Å²) in [6.45, 7) is 3.81. The van der Waals surface area contributed by atoms with E-state index in [0.29, 0.717) is 11.3 Å². The molecular weight excluding hydrogens is 258 g/mol. The largest absolute Gasteiger partial charge is 0.317 e. The summed E-state index contributed by atoms with van der Waals surface area (Å²) in [4.78, 5) is 0.490. The second kappa shape index (κ2) is 5.63. The van der Waals surface area contributed by atoms with E-state index < -0.39 is 9.84 Å². The van der Waals surface area contributed by atoms with E-state index >= 15 is 0 Å². The van der Waals surface area contributed by atoms with Gasteiger partial charge in [0.2, 0.25) is 0 Å². The summed E-state index contributed by atoms with van der Waals surface area (Å²) >= 11 is 0. The Morgan fingerprint density at radius 1 is 1.21 bits per heavy atom. The molecule has 4 heteroatoms. The fraction of sp³-hybridized carbons (Fsp3) is 0.600. The molecule has 106 valence electrons. The average molecular weight is 281 g/mol. The Morgan fingerprint density at radius 2 is 1.89 bits per heavy atom. The number of hydrogen-bond donors (Lipinski definition) is 1. The van der Waals surface area contributed by atoms with Crippen LogP contribution in [0.4, 0.5) is 0 Å². The van der Waals surface area contributed by atoms with Crippen LogP contribution in [0.1, 0.15) is 37.8 Å². The highest BCUT2D eigenvalue weighted by Crippen LogP contribution is 2.27. The molecule has 2 atom stereocenters. The van der Waals surface area contributed by atoms with Gasteiger partial charge in [-0.15, -0.1) is 0 Å². The Balaban J connectivity index is 2.24. The van der Waals surface area contributed by atoms with E-state index in [4.69, 9.17) is 0 Å². The van der Waals surface area contributed by atoms with Gasteiger partial charge < -0.3 is 5.32 Å². The Morgan fingerprint density at radius 3 is 2.58 bits per heavy atom. The van der Waals surface area contributed by atoms with Crippen molar-refractivity contribution < 1.29 is 8.42 Å². The maximum absolute atomic E-state index is 12.6.